The summed E-state index contributed by atoms with van der Waals surface area (Å²) in [6, 6.07) is 1.52. The molecule has 0 bridgehead atoms. The number of nitrogens with two attached hydrogens (primary N) is 1. The van der Waals surface area contributed by atoms with Crippen molar-refractivity contribution in [3.05, 3.63) is 40.7 Å². The first-order valence-corrected chi connectivity index (χ1v) is 5.62. The minimum atomic E-state index is -0.186. The SMILES string of the molecule is CN(C)c1cnn(Cc2cnc(NN)cn2)c(=O)c1. The van der Waals surface area contributed by atoms with Crippen LogP contribution in [0.5, 0.6) is 0 Å². The van der Waals surface area contributed by atoms with E-state index in [9.17, 15) is 4.79 Å². The van der Waals surface area contributed by atoms with Crippen molar-refractivity contribution < 1.29 is 0 Å². The normalized spacial score (nSPS) is 10.3. The molecule has 0 unspecified atom stereocenters. The molecule has 0 radical (unpaired) electrons. The first-order chi connectivity index (χ1) is 9.10. The molecule has 8 nitrogen and oxygen atoms in total. The second-order valence-electron chi connectivity index (χ2n) is 4.14. The van der Waals surface area contributed by atoms with Crippen molar-refractivity contribution in [2.24, 2.45) is 5.84 Å². The molecule has 0 aliphatic carbocycles. The lowest BCUT2D eigenvalue weighted by Crippen LogP contribution is -2.25. The van der Waals surface area contributed by atoms with E-state index in [0.717, 1.165) is 5.69 Å². The van der Waals surface area contributed by atoms with E-state index in [1.807, 2.05) is 19.0 Å². The van der Waals surface area contributed by atoms with Crippen LogP contribution in [0.15, 0.2) is 29.5 Å². The zero-order chi connectivity index (χ0) is 13.8. The highest BCUT2D eigenvalue weighted by Gasteiger charge is 2.04. The maximum absolute atomic E-state index is 11.9. The van der Waals surface area contributed by atoms with Gasteiger partial charge >= 0.3 is 0 Å². The highest BCUT2D eigenvalue weighted by molar-refractivity contribution is 5.40. The molecule has 2 aromatic rings. The Bertz CT molecular complexity index is 605. The molecular formula is C11H15N7O. The number of nitrogen functional groups attached to an aromatic ring is 1. The van der Waals surface area contributed by atoms with Crippen LogP contribution in [0.25, 0.3) is 0 Å². The zero-order valence-corrected chi connectivity index (χ0v) is 10.7. The largest absolute Gasteiger partial charge is 0.376 e. The van der Waals surface area contributed by atoms with Crippen LogP contribution in [0.2, 0.25) is 0 Å². The molecule has 100 valence electrons. The van der Waals surface area contributed by atoms with Crippen molar-refractivity contribution >= 4 is 11.5 Å². The van der Waals surface area contributed by atoms with Gasteiger partial charge in [-0.1, -0.05) is 0 Å². The standard InChI is InChI=1S/C11H15N7O/c1-17(2)9-3-11(19)18(15-5-9)7-8-4-14-10(16-12)6-13-8/h3-6H,7,12H2,1-2H3,(H,14,16). The van der Waals surface area contributed by atoms with Crippen LogP contribution in [0, 0.1) is 0 Å². The second kappa shape index (κ2) is 5.44. The third-order valence-corrected chi connectivity index (χ3v) is 2.54. The number of hydrazine groups is 1. The average Bonchev–Trinajstić information content (AvgIpc) is 2.41. The smallest absolute Gasteiger partial charge is 0.269 e. The van der Waals surface area contributed by atoms with Gasteiger partial charge in [-0.05, 0) is 0 Å². The molecule has 8 heteroatoms. The van der Waals surface area contributed by atoms with E-state index in [2.05, 4.69) is 20.5 Å². The van der Waals surface area contributed by atoms with Crippen molar-refractivity contribution in [2.45, 2.75) is 6.54 Å². The molecule has 2 rings (SSSR count). The predicted octanol–water partition coefficient (Wildman–Crippen LogP) is -0.567. The summed E-state index contributed by atoms with van der Waals surface area (Å²) in [6.45, 7) is 0.268. The molecule has 0 spiro atoms. The number of nitrogens with zero attached hydrogens (tertiary/aromatic N) is 5. The molecular weight excluding hydrogens is 246 g/mol. The number of hydrogen-bond donors (Lipinski definition) is 2. The molecule has 0 saturated heterocycles. The fraction of sp³-hybridized carbons (Fsp3) is 0.273. The lowest BCUT2D eigenvalue weighted by molar-refractivity contribution is 0.625. The maximum atomic E-state index is 11.9. The molecule has 2 aromatic heterocycles. The highest BCUT2D eigenvalue weighted by Crippen LogP contribution is 2.04. The second-order valence-corrected chi connectivity index (χ2v) is 4.14. The van der Waals surface area contributed by atoms with Gasteiger partial charge in [-0.15, -0.1) is 0 Å². The molecule has 0 amide bonds. The fourth-order valence-corrected chi connectivity index (χ4v) is 1.45. The summed E-state index contributed by atoms with van der Waals surface area (Å²) in [5.74, 6) is 5.66. The van der Waals surface area contributed by atoms with Gasteiger partial charge in [-0.3, -0.25) is 9.78 Å². The summed E-state index contributed by atoms with van der Waals surface area (Å²) >= 11 is 0. The molecule has 0 atom stereocenters. The predicted molar refractivity (Wildman–Crippen MR) is 71.8 cm³/mol. The Hall–Kier alpha value is -2.48. The first-order valence-electron chi connectivity index (χ1n) is 5.62. The lowest BCUT2D eigenvalue weighted by atomic mass is 10.4. The van der Waals surface area contributed by atoms with Crippen LogP contribution in [-0.4, -0.2) is 33.8 Å². The summed E-state index contributed by atoms with van der Waals surface area (Å²) in [5.41, 5.74) is 3.59. The topological polar surface area (TPSA) is 102 Å². The Labute approximate surface area is 109 Å². The Balaban J connectivity index is 2.21. The van der Waals surface area contributed by atoms with Gasteiger partial charge in [0, 0.05) is 20.2 Å². The lowest BCUT2D eigenvalue weighted by Gasteiger charge is -2.12. The molecule has 0 aliphatic heterocycles. The van der Waals surface area contributed by atoms with Crippen LogP contribution in [-0.2, 0) is 6.54 Å². The first kappa shape index (κ1) is 13.0. The maximum Gasteiger partial charge on any atom is 0.269 e. The van der Waals surface area contributed by atoms with Gasteiger partial charge in [-0.25, -0.2) is 15.5 Å². The minimum Gasteiger partial charge on any atom is -0.376 e. The van der Waals surface area contributed by atoms with Gasteiger partial charge in [0.2, 0.25) is 0 Å². The Morgan fingerprint density at radius 2 is 2.11 bits per heavy atom. The summed E-state index contributed by atoms with van der Waals surface area (Å²) < 4.78 is 1.33. The van der Waals surface area contributed by atoms with Crippen molar-refractivity contribution in [3.8, 4) is 0 Å². The van der Waals surface area contributed by atoms with Gasteiger partial charge in [0.05, 0.1) is 36.5 Å². The molecule has 2 heterocycles. The van der Waals surface area contributed by atoms with Gasteiger partial charge in [0.15, 0.2) is 5.82 Å². The number of aromatic nitrogens is 4. The van der Waals surface area contributed by atoms with Gasteiger partial charge in [0.1, 0.15) is 0 Å². The van der Waals surface area contributed by atoms with Crippen LogP contribution in [0.4, 0.5) is 11.5 Å². The fourth-order valence-electron chi connectivity index (χ4n) is 1.45. The molecule has 3 N–H and O–H groups in total. The van der Waals surface area contributed by atoms with E-state index in [1.165, 1.54) is 16.9 Å². The number of anilines is 2. The van der Waals surface area contributed by atoms with Crippen LogP contribution < -0.4 is 21.7 Å². The van der Waals surface area contributed by atoms with E-state index in [-0.39, 0.29) is 12.1 Å². The molecule has 0 fully saturated rings. The summed E-state index contributed by atoms with van der Waals surface area (Å²) in [4.78, 5) is 21.8. The number of rotatable bonds is 4. The van der Waals surface area contributed by atoms with Crippen LogP contribution in [0.3, 0.4) is 0 Å². The summed E-state index contributed by atoms with van der Waals surface area (Å²) in [6.07, 6.45) is 4.67. The van der Waals surface area contributed by atoms with E-state index in [4.69, 9.17) is 5.84 Å². The van der Waals surface area contributed by atoms with Crippen molar-refractivity contribution in [2.75, 3.05) is 24.4 Å². The van der Waals surface area contributed by atoms with Crippen molar-refractivity contribution in [3.63, 3.8) is 0 Å². The van der Waals surface area contributed by atoms with Crippen LogP contribution >= 0.6 is 0 Å². The van der Waals surface area contributed by atoms with Crippen LogP contribution in [0.1, 0.15) is 5.69 Å². The number of hydrogen-bond acceptors (Lipinski definition) is 7. The molecule has 0 aromatic carbocycles. The van der Waals surface area contributed by atoms with E-state index >= 15 is 0 Å². The van der Waals surface area contributed by atoms with Crippen molar-refractivity contribution in [1.82, 2.24) is 19.7 Å². The number of nitrogens with one attached hydrogen (secondary N) is 1. The third-order valence-electron chi connectivity index (χ3n) is 2.54. The van der Waals surface area contributed by atoms with Gasteiger partial charge < -0.3 is 10.3 Å². The van der Waals surface area contributed by atoms with Gasteiger partial charge in [0.25, 0.3) is 5.56 Å². The average molecular weight is 261 g/mol. The summed E-state index contributed by atoms with van der Waals surface area (Å²) in [5, 5.41) is 4.09. The van der Waals surface area contributed by atoms with E-state index in [0.29, 0.717) is 11.5 Å². The quantitative estimate of drug-likeness (QED) is 0.561. The van der Waals surface area contributed by atoms with Gasteiger partial charge in [-0.2, -0.15) is 5.10 Å². The Morgan fingerprint density at radius 3 is 2.63 bits per heavy atom. The Morgan fingerprint density at radius 1 is 1.32 bits per heavy atom. The minimum absolute atomic E-state index is 0.186. The Kier molecular flexibility index (Phi) is 3.71. The molecule has 0 aliphatic rings. The monoisotopic (exact) mass is 261 g/mol. The van der Waals surface area contributed by atoms with Crippen molar-refractivity contribution in [1.29, 1.82) is 0 Å². The summed E-state index contributed by atoms with van der Waals surface area (Å²) in [7, 11) is 3.70. The molecule has 0 saturated carbocycles. The third kappa shape index (κ3) is 3.05. The zero-order valence-electron chi connectivity index (χ0n) is 10.7. The molecule has 19 heavy (non-hydrogen) atoms. The highest BCUT2D eigenvalue weighted by atomic mass is 16.1. The van der Waals surface area contributed by atoms with E-state index < -0.39 is 0 Å². The van der Waals surface area contributed by atoms with E-state index in [1.54, 1.807) is 12.4 Å².